The van der Waals surface area contributed by atoms with E-state index in [1.165, 1.54) is 0 Å². The van der Waals surface area contributed by atoms with Crippen molar-refractivity contribution >= 4 is 11.8 Å². The van der Waals surface area contributed by atoms with Crippen LogP contribution in [-0.4, -0.2) is 155 Å². The number of amides is 2. The lowest BCUT2D eigenvalue weighted by molar-refractivity contribution is -0.347. The molecule has 0 bridgehead atoms. The summed E-state index contributed by atoms with van der Waals surface area (Å²) < 4.78 is 24.4. The van der Waals surface area contributed by atoms with E-state index in [-0.39, 0.29) is 12.8 Å². The standard InChI is InChI=1S/C37H62N4O16/c1-3-5-7-9-11-13-22(44)38-25-29(49)27(47)20(17-19(43)33-31(51)32(52)34(56-33)41-16-15-24(46)40-37(41)53)54-35(25)57-36-26(30(50)28(48)21(18-42)55-36)39-23(45)14-12-10-8-6-4-2/h15-16,19-21,25-36,42-43,47-52H,3-14,17-18H2,1-2H3,(H,38,44)(H,39,45)(H,40,46,53)/t19-,20?,21?,25?,26?,27?,28?,29?,30?,31+,32-,33-,34-,35?,36?/m1/s1. The molecule has 0 radical (unpaired) electrons. The Labute approximate surface area is 330 Å². The molecule has 20 heteroatoms. The van der Waals surface area contributed by atoms with Crippen LogP contribution in [0.5, 0.6) is 0 Å². The van der Waals surface area contributed by atoms with Crippen molar-refractivity contribution in [1.29, 1.82) is 0 Å². The average Bonchev–Trinajstić information content (AvgIpc) is 3.47. The number of nitrogens with zero attached hydrogens (tertiary/aromatic N) is 1. The van der Waals surface area contributed by atoms with E-state index in [1.54, 1.807) is 0 Å². The molecule has 0 aromatic carbocycles. The molecule has 3 aliphatic heterocycles. The Bertz CT molecular complexity index is 1510. The number of unbranched alkanes of at least 4 members (excludes halogenated alkanes) is 8. The maximum Gasteiger partial charge on any atom is 0.330 e. The Morgan fingerprint density at radius 1 is 0.737 bits per heavy atom. The minimum Gasteiger partial charge on any atom is -0.394 e. The number of aliphatic hydroxyl groups excluding tert-OH is 8. The van der Waals surface area contributed by atoms with E-state index in [2.05, 4.69) is 24.5 Å². The summed E-state index contributed by atoms with van der Waals surface area (Å²) in [4.78, 5) is 52.1. The van der Waals surface area contributed by atoms with E-state index in [1.807, 2.05) is 4.98 Å². The van der Waals surface area contributed by atoms with Crippen molar-refractivity contribution in [3.63, 3.8) is 0 Å². The fourth-order valence-corrected chi connectivity index (χ4v) is 7.41. The molecule has 57 heavy (non-hydrogen) atoms. The number of H-pyrrole nitrogens is 1. The summed E-state index contributed by atoms with van der Waals surface area (Å²) >= 11 is 0. The van der Waals surface area contributed by atoms with Gasteiger partial charge in [-0.2, -0.15) is 0 Å². The summed E-state index contributed by atoms with van der Waals surface area (Å²) in [6.45, 7) is 3.35. The second-order valence-corrected chi connectivity index (χ2v) is 15.2. The molecular formula is C37H62N4O16. The topological polar surface area (TPSA) is 312 Å². The highest BCUT2D eigenvalue weighted by Crippen LogP contribution is 2.34. The smallest absolute Gasteiger partial charge is 0.330 e. The molecule has 0 spiro atoms. The molecule has 1 aromatic heterocycles. The minimum absolute atomic E-state index is 0.0606. The van der Waals surface area contributed by atoms with Gasteiger partial charge in [-0.15, -0.1) is 0 Å². The lowest BCUT2D eigenvalue weighted by atomic mass is 9.91. The molecule has 20 nitrogen and oxygen atoms in total. The van der Waals surface area contributed by atoms with Gasteiger partial charge in [0, 0.05) is 31.5 Å². The Kier molecular flexibility index (Phi) is 18.5. The van der Waals surface area contributed by atoms with Crippen molar-refractivity contribution in [3.8, 4) is 0 Å². The molecular weight excluding hydrogens is 756 g/mol. The van der Waals surface area contributed by atoms with Crippen molar-refractivity contribution in [2.45, 2.75) is 189 Å². The summed E-state index contributed by atoms with van der Waals surface area (Å²) in [6.07, 6.45) is -12.5. The van der Waals surface area contributed by atoms with Crippen molar-refractivity contribution in [2.75, 3.05) is 6.61 Å². The first-order chi connectivity index (χ1) is 27.2. The van der Waals surface area contributed by atoms with Crippen LogP contribution in [0.3, 0.4) is 0 Å². The van der Waals surface area contributed by atoms with Crippen LogP contribution in [0.1, 0.15) is 104 Å². The highest BCUT2D eigenvalue weighted by atomic mass is 16.8. The lowest BCUT2D eigenvalue weighted by Gasteiger charge is -2.47. The predicted molar refractivity (Wildman–Crippen MR) is 198 cm³/mol. The van der Waals surface area contributed by atoms with Gasteiger partial charge < -0.3 is 70.4 Å². The summed E-state index contributed by atoms with van der Waals surface area (Å²) in [6, 6.07) is -1.93. The number of hydrogen-bond acceptors (Lipinski definition) is 16. The molecule has 3 aliphatic rings. The predicted octanol–water partition coefficient (Wildman–Crippen LogP) is -2.50. The zero-order valence-corrected chi connectivity index (χ0v) is 32.5. The first-order valence-corrected chi connectivity index (χ1v) is 20.1. The van der Waals surface area contributed by atoms with Gasteiger partial charge in [0.15, 0.2) is 18.8 Å². The number of carbonyl (C=O) groups is 2. The Hall–Kier alpha value is -2.86. The molecule has 11 N–H and O–H groups in total. The Balaban J connectivity index is 1.55. The van der Waals surface area contributed by atoms with E-state index in [4.69, 9.17) is 18.9 Å². The molecule has 0 aliphatic carbocycles. The maximum atomic E-state index is 13.1. The van der Waals surface area contributed by atoms with Crippen molar-refractivity contribution < 1.29 is 69.4 Å². The van der Waals surface area contributed by atoms with Crippen molar-refractivity contribution in [3.05, 3.63) is 33.1 Å². The number of hydrogen-bond donors (Lipinski definition) is 11. The second kappa shape index (κ2) is 22.5. The van der Waals surface area contributed by atoms with E-state index in [9.17, 15) is 60.0 Å². The second-order valence-electron chi connectivity index (χ2n) is 15.2. The normalized spacial score (nSPS) is 34.8. The molecule has 10 unspecified atom stereocenters. The number of rotatable bonds is 21. The van der Waals surface area contributed by atoms with Crippen LogP contribution in [0.15, 0.2) is 21.9 Å². The van der Waals surface area contributed by atoms with E-state index < -0.39 is 128 Å². The third-order valence-corrected chi connectivity index (χ3v) is 10.8. The number of aromatic nitrogens is 2. The van der Waals surface area contributed by atoms with E-state index in [0.717, 1.165) is 68.2 Å². The molecule has 1 aromatic rings. The summed E-state index contributed by atoms with van der Waals surface area (Å²) in [7, 11) is 0. The molecule has 2 amide bonds. The highest BCUT2D eigenvalue weighted by molar-refractivity contribution is 5.76. The minimum atomic E-state index is -1.82. The van der Waals surface area contributed by atoms with Gasteiger partial charge in [0.05, 0.1) is 18.8 Å². The zero-order valence-electron chi connectivity index (χ0n) is 32.5. The maximum absolute atomic E-state index is 13.1. The lowest BCUT2D eigenvalue weighted by Crippen LogP contribution is -2.69. The number of aliphatic hydroxyl groups is 8. The van der Waals surface area contributed by atoms with Crippen LogP contribution in [0.2, 0.25) is 0 Å². The van der Waals surface area contributed by atoms with E-state index in [0.29, 0.717) is 12.8 Å². The van der Waals surface area contributed by atoms with Gasteiger partial charge in [-0.25, -0.2) is 4.79 Å². The average molecular weight is 819 g/mol. The molecule has 15 atom stereocenters. The molecule has 3 saturated heterocycles. The fourth-order valence-electron chi connectivity index (χ4n) is 7.41. The largest absolute Gasteiger partial charge is 0.394 e. The van der Waals surface area contributed by atoms with Gasteiger partial charge >= 0.3 is 5.69 Å². The van der Waals surface area contributed by atoms with Crippen LogP contribution < -0.4 is 21.9 Å². The first-order valence-electron chi connectivity index (χ1n) is 20.1. The van der Waals surface area contributed by atoms with Gasteiger partial charge in [0.2, 0.25) is 11.8 Å². The van der Waals surface area contributed by atoms with Gasteiger partial charge in [0.1, 0.15) is 60.9 Å². The number of carbonyl (C=O) groups excluding carboxylic acids is 2. The SMILES string of the molecule is CCCCCCCC(=O)NC1C(OC2OC(C[C@@H](O)[C@H]3O[C@@H](n4ccc(=O)[nH]c4=O)[C@H](O)[C@@H]3O)C(O)C(O)C2NC(=O)CCCCCCC)OC(CO)C(O)C1O. The summed E-state index contributed by atoms with van der Waals surface area (Å²) in [5.41, 5.74) is -1.67. The monoisotopic (exact) mass is 818 g/mol. The molecule has 4 heterocycles. The first kappa shape index (κ1) is 46.8. The molecule has 0 saturated carbocycles. The van der Waals surface area contributed by atoms with Gasteiger partial charge in [-0.05, 0) is 12.8 Å². The van der Waals surface area contributed by atoms with Crippen LogP contribution in [0, 0.1) is 0 Å². The number of ether oxygens (including phenoxy) is 4. The Morgan fingerprint density at radius 3 is 1.75 bits per heavy atom. The van der Waals surface area contributed by atoms with E-state index >= 15 is 0 Å². The fraction of sp³-hybridized carbons (Fsp3) is 0.838. The zero-order chi connectivity index (χ0) is 41.8. The third-order valence-electron chi connectivity index (χ3n) is 10.8. The van der Waals surface area contributed by atoms with Crippen molar-refractivity contribution in [2.24, 2.45) is 0 Å². The number of aromatic amines is 1. The van der Waals surface area contributed by atoms with Gasteiger partial charge in [-0.3, -0.25) is 23.9 Å². The number of nitrogens with one attached hydrogen (secondary N) is 3. The van der Waals surface area contributed by atoms with Gasteiger partial charge in [-0.1, -0.05) is 65.2 Å². The third kappa shape index (κ3) is 12.3. The van der Waals surface area contributed by atoms with Gasteiger partial charge in [0.25, 0.3) is 5.56 Å². The van der Waals surface area contributed by atoms with Crippen LogP contribution in [-0.2, 0) is 28.5 Å². The Morgan fingerprint density at radius 2 is 1.25 bits per heavy atom. The quantitative estimate of drug-likeness (QED) is 0.0572. The van der Waals surface area contributed by atoms with Crippen LogP contribution in [0.25, 0.3) is 0 Å². The molecule has 4 rings (SSSR count). The van der Waals surface area contributed by atoms with Crippen LogP contribution in [0.4, 0.5) is 0 Å². The molecule has 3 fully saturated rings. The molecule has 326 valence electrons. The summed E-state index contributed by atoms with van der Waals surface area (Å²) in [5, 5.41) is 92.4. The van der Waals surface area contributed by atoms with Crippen molar-refractivity contribution in [1.82, 2.24) is 20.2 Å². The van der Waals surface area contributed by atoms with Crippen LogP contribution >= 0.6 is 0 Å². The highest BCUT2D eigenvalue weighted by Gasteiger charge is 2.53. The summed E-state index contributed by atoms with van der Waals surface area (Å²) in [5.74, 6) is -1.00.